The van der Waals surface area contributed by atoms with Crippen LogP contribution < -0.4 is 9.80 Å². The number of amides is 1. The molecule has 2 aromatic rings. The van der Waals surface area contributed by atoms with Gasteiger partial charge in [0.15, 0.2) is 6.54 Å². The number of carbonyl (C=O) groups excluding carboxylic acids is 1. The van der Waals surface area contributed by atoms with E-state index in [4.69, 9.17) is 0 Å². The maximum atomic E-state index is 13.3. The van der Waals surface area contributed by atoms with Crippen molar-refractivity contribution in [1.82, 2.24) is 0 Å². The fourth-order valence-electron chi connectivity index (χ4n) is 4.19. The molecule has 0 atom stereocenters. The first-order valence-electron chi connectivity index (χ1n) is 9.54. The summed E-state index contributed by atoms with van der Waals surface area (Å²) < 4.78 is 0. The fourth-order valence-corrected chi connectivity index (χ4v) is 4.19. The van der Waals surface area contributed by atoms with Gasteiger partial charge in [-0.25, -0.2) is 0 Å². The topological polar surface area (TPSA) is 24.8 Å². The number of fused-ring (bicyclic) bond motifs is 2. The van der Waals surface area contributed by atoms with Crippen LogP contribution in [0.25, 0.3) is 0 Å². The van der Waals surface area contributed by atoms with E-state index in [0.29, 0.717) is 6.54 Å². The molecule has 0 saturated carbocycles. The van der Waals surface area contributed by atoms with Gasteiger partial charge in [-0.3, -0.25) is 9.69 Å². The fraction of sp³-hybridized carbons (Fsp3) is 0.409. The molecule has 1 amide bonds. The van der Waals surface area contributed by atoms with Crippen LogP contribution in [0.15, 0.2) is 48.5 Å². The molecule has 1 N–H and O–H groups in total. The molecular weight excluding hydrogens is 308 g/mol. The highest BCUT2D eigenvalue weighted by atomic mass is 16.2. The van der Waals surface area contributed by atoms with Gasteiger partial charge in [0.1, 0.15) is 0 Å². The second kappa shape index (κ2) is 7.01. The predicted octanol–water partition coefficient (Wildman–Crippen LogP) is 2.76. The highest BCUT2D eigenvalue weighted by Crippen LogP contribution is 2.35. The van der Waals surface area contributed by atoms with E-state index in [2.05, 4.69) is 43.3 Å². The SMILES string of the molecule is CC1CC[NH+](CC(=O)N2c3ccccc3CCc3ccccc32)CC1. The van der Waals surface area contributed by atoms with Crippen LogP contribution in [0.4, 0.5) is 11.4 Å². The summed E-state index contributed by atoms with van der Waals surface area (Å²) in [7, 11) is 0. The summed E-state index contributed by atoms with van der Waals surface area (Å²) in [4.78, 5) is 16.8. The average molecular weight is 335 g/mol. The average Bonchev–Trinajstić information content (AvgIpc) is 2.80. The second-order valence-corrected chi connectivity index (χ2v) is 7.60. The Morgan fingerprint density at radius 3 is 2.04 bits per heavy atom. The summed E-state index contributed by atoms with van der Waals surface area (Å²) in [5.74, 6) is 1.03. The van der Waals surface area contributed by atoms with Gasteiger partial charge in [-0.05, 0) is 54.9 Å². The monoisotopic (exact) mass is 335 g/mol. The first-order chi connectivity index (χ1) is 12.2. The molecule has 1 saturated heterocycles. The Kier molecular flexibility index (Phi) is 4.58. The molecule has 0 aliphatic carbocycles. The summed E-state index contributed by atoms with van der Waals surface area (Å²) in [5.41, 5.74) is 4.69. The van der Waals surface area contributed by atoms with Crippen molar-refractivity contribution in [2.45, 2.75) is 32.6 Å². The summed E-state index contributed by atoms with van der Waals surface area (Å²) in [6, 6.07) is 16.8. The van der Waals surface area contributed by atoms with Crippen molar-refractivity contribution in [2.75, 3.05) is 24.5 Å². The lowest BCUT2D eigenvalue weighted by Crippen LogP contribution is -3.14. The van der Waals surface area contributed by atoms with Crippen LogP contribution in [0.1, 0.15) is 30.9 Å². The van der Waals surface area contributed by atoms with Gasteiger partial charge in [0.05, 0.1) is 24.5 Å². The van der Waals surface area contributed by atoms with E-state index < -0.39 is 0 Å². The second-order valence-electron chi connectivity index (χ2n) is 7.60. The lowest BCUT2D eigenvalue weighted by Gasteiger charge is -2.30. The normalized spacial score (nSPS) is 22.7. The quantitative estimate of drug-likeness (QED) is 0.897. The van der Waals surface area contributed by atoms with Crippen LogP contribution >= 0.6 is 0 Å². The molecule has 0 radical (unpaired) electrons. The lowest BCUT2D eigenvalue weighted by molar-refractivity contribution is -0.898. The van der Waals surface area contributed by atoms with Gasteiger partial charge in [-0.2, -0.15) is 0 Å². The zero-order valence-corrected chi connectivity index (χ0v) is 15.0. The largest absolute Gasteiger partial charge is 0.327 e. The van der Waals surface area contributed by atoms with Crippen LogP contribution in [-0.2, 0) is 17.6 Å². The number of piperidine rings is 1. The lowest BCUT2D eigenvalue weighted by atomic mass is 9.99. The number of quaternary nitrogens is 1. The van der Waals surface area contributed by atoms with Crippen LogP contribution in [0.5, 0.6) is 0 Å². The minimum Gasteiger partial charge on any atom is -0.327 e. The summed E-state index contributed by atoms with van der Waals surface area (Å²) in [6.45, 7) is 5.14. The first kappa shape index (κ1) is 16.3. The zero-order chi connectivity index (χ0) is 17.2. The van der Waals surface area contributed by atoms with E-state index in [0.717, 1.165) is 43.2 Å². The van der Waals surface area contributed by atoms with Crippen molar-refractivity contribution in [1.29, 1.82) is 0 Å². The Morgan fingerprint density at radius 1 is 0.960 bits per heavy atom. The highest BCUT2D eigenvalue weighted by molar-refractivity contribution is 6.02. The van der Waals surface area contributed by atoms with Crippen LogP contribution in [-0.4, -0.2) is 25.5 Å². The van der Waals surface area contributed by atoms with Crippen LogP contribution in [0, 0.1) is 5.92 Å². The molecule has 0 aromatic heterocycles. The molecule has 0 bridgehead atoms. The van der Waals surface area contributed by atoms with E-state index in [9.17, 15) is 4.79 Å². The number of benzene rings is 2. The van der Waals surface area contributed by atoms with E-state index in [1.54, 1.807) is 0 Å². The number of nitrogens with one attached hydrogen (secondary N) is 1. The van der Waals surface area contributed by atoms with Crippen molar-refractivity contribution in [3.63, 3.8) is 0 Å². The Hall–Kier alpha value is -2.13. The van der Waals surface area contributed by atoms with Crippen molar-refractivity contribution in [3.05, 3.63) is 59.7 Å². The number of hydrogen-bond acceptors (Lipinski definition) is 1. The van der Waals surface area contributed by atoms with Crippen LogP contribution in [0.3, 0.4) is 0 Å². The van der Waals surface area contributed by atoms with Gasteiger partial charge < -0.3 is 4.90 Å². The molecule has 3 nitrogen and oxygen atoms in total. The molecule has 2 aliphatic rings. The van der Waals surface area contributed by atoms with E-state index >= 15 is 0 Å². The molecule has 4 rings (SSSR count). The summed E-state index contributed by atoms with van der Waals surface area (Å²) >= 11 is 0. The number of rotatable bonds is 2. The van der Waals surface area contributed by atoms with Crippen molar-refractivity contribution < 1.29 is 9.69 Å². The van der Waals surface area contributed by atoms with Crippen LogP contribution in [0.2, 0.25) is 0 Å². The Morgan fingerprint density at radius 2 is 1.48 bits per heavy atom. The van der Waals surface area contributed by atoms with Gasteiger partial charge in [0.2, 0.25) is 0 Å². The molecule has 130 valence electrons. The number of hydrogen-bond donors (Lipinski definition) is 1. The third-order valence-corrected chi connectivity index (χ3v) is 5.76. The van der Waals surface area contributed by atoms with Crippen molar-refractivity contribution in [3.8, 4) is 0 Å². The minimum absolute atomic E-state index is 0.228. The Labute approximate surface area is 150 Å². The molecule has 0 spiro atoms. The zero-order valence-electron chi connectivity index (χ0n) is 15.0. The van der Waals surface area contributed by atoms with Crippen molar-refractivity contribution in [2.24, 2.45) is 5.92 Å². The first-order valence-corrected chi connectivity index (χ1v) is 9.54. The maximum absolute atomic E-state index is 13.3. The maximum Gasteiger partial charge on any atom is 0.286 e. The predicted molar refractivity (Wildman–Crippen MR) is 101 cm³/mol. The number of aryl methyl sites for hydroxylation is 2. The van der Waals surface area contributed by atoms with E-state index in [-0.39, 0.29) is 5.91 Å². The molecule has 1 fully saturated rings. The van der Waals surface area contributed by atoms with Gasteiger partial charge in [-0.15, -0.1) is 0 Å². The van der Waals surface area contributed by atoms with Gasteiger partial charge in [0.25, 0.3) is 5.91 Å². The standard InChI is InChI=1S/C22H26N2O/c1-17-12-14-23(15-13-17)16-22(25)24-20-8-4-2-6-18(20)10-11-19-7-3-5-9-21(19)24/h2-9,17H,10-16H2,1H3/p+1. The van der Waals surface area contributed by atoms with E-state index in [1.165, 1.54) is 28.9 Å². The molecule has 2 aliphatic heterocycles. The molecule has 0 unspecified atom stereocenters. The number of carbonyl (C=O) groups is 1. The molecule has 25 heavy (non-hydrogen) atoms. The Bertz CT molecular complexity index is 715. The number of likely N-dealkylation sites (tertiary alicyclic amines) is 1. The number of anilines is 2. The van der Waals surface area contributed by atoms with Gasteiger partial charge in [-0.1, -0.05) is 43.3 Å². The number of nitrogens with zero attached hydrogens (tertiary/aromatic N) is 1. The van der Waals surface area contributed by atoms with Gasteiger partial charge >= 0.3 is 0 Å². The smallest absolute Gasteiger partial charge is 0.286 e. The minimum atomic E-state index is 0.228. The third-order valence-electron chi connectivity index (χ3n) is 5.76. The molecule has 2 aromatic carbocycles. The van der Waals surface area contributed by atoms with Gasteiger partial charge in [0, 0.05) is 0 Å². The van der Waals surface area contributed by atoms with Crippen molar-refractivity contribution >= 4 is 17.3 Å². The molecule has 3 heteroatoms. The number of para-hydroxylation sites is 2. The Balaban J connectivity index is 1.66. The summed E-state index contributed by atoms with van der Waals surface area (Å²) in [6.07, 6.45) is 4.45. The third kappa shape index (κ3) is 3.34. The molecular formula is C22H27N2O+. The molecule has 2 heterocycles. The highest BCUT2D eigenvalue weighted by Gasteiger charge is 2.29. The summed E-state index contributed by atoms with van der Waals surface area (Å²) in [5, 5.41) is 0. The van der Waals surface area contributed by atoms with E-state index in [1.807, 2.05) is 17.0 Å².